The Morgan fingerprint density at radius 1 is 0.720 bits per heavy atom. The van der Waals surface area contributed by atoms with Gasteiger partial charge in [-0.05, 0) is 35.4 Å². The van der Waals surface area contributed by atoms with Crippen LogP contribution >= 0.6 is 0 Å². The number of hydrogen-bond donors (Lipinski definition) is 2. The van der Waals surface area contributed by atoms with E-state index in [4.69, 9.17) is 18.9 Å². The number of ether oxygens (including phenoxy) is 4. The van der Waals surface area contributed by atoms with Crippen LogP contribution in [0.15, 0.2) is 36.4 Å². The molecule has 6 heteroatoms. The van der Waals surface area contributed by atoms with E-state index in [-0.39, 0.29) is 42.3 Å². The summed E-state index contributed by atoms with van der Waals surface area (Å²) in [6.45, 7) is 1.44. The van der Waals surface area contributed by atoms with Crippen LogP contribution in [-0.4, -0.2) is 30.2 Å². The summed E-state index contributed by atoms with van der Waals surface area (Å²) in [4.78, 5) is 0. The van der Waals surface area contributed by atoms with E-state index >= 15 is 0 Å². The van der Waals surface area contributed by atoms with Crippen molar-refractivity contribution in [1.29, 1.82) is 0 Å². The smallest absolute Gasteiger partial charge is 0.231 e. The molecule has 3 aliphatic heterocycles. The Morgan fingerprint density at radius 3 is 2.08 bits per heavy atom. The van der Waals surface area contributed by atoms with Crippen molar-refractivity contribution in [2.45, 2.75) is 12.2 Å². The lowest BCUT2D eigenvalue weighted by atomic mass is 9.85. The number of aromatic hydroxyl groups is 2. The van der Waals surface area contributed by atoms with E-state index in [1.165, 1.54) is 6.07 Å². The van der Waals surface area contributed by atoms with Crippen LogP contribution < -0.4 is 9.47 Å². The molecule has 0 aliphatic carbocycles. The van der Waals surface area contributed by atoms with Gasteiger partial charge < -0.3 is 29.2 Å². The maximum atomic E-state index is 9.76. The average molecular weight is 342 g/mol. The first kappa shape index (κ1) is 14.9. The van der Waals surface area contributed by atoms with E-state index in [2.05, 4.69) is 0 Å². The van der Waals surface area contributed by atoms with E-state index < -0.39 is 0 Å². The summed E-state index contributed by atoms with van der Waals surface area (Å²) in [6, 6.07) is 10.8. The SMILES string of the molecule is Oc1ccc([C@@H]2OCC3C2CO[C@H]3c2ccc3c(c2)OCO3)cc1O. The number of phenolic OH excluding ortho intramolecular Hbond substituents is 2. The van der Waals surface area contributed by atoms with Crippen LogP contribution in [0.25, 0.3) is 0 Å². The largest absolute Gasteiger partial charge is 0.504 e. The topological polar surface area (TPSA) is 77.4 Å². The second-order valence-corrected chi connectivity index (χ2v) is 6.70. The lowest BCUT2D eigenvalue weighted by Crippen LogP contribution is -2.14. The maximum Gasteiger partial charge on any atom is 0.231 e. The zero-order chi connectivity index (χ0) is 17.0. The van der Waals surface area contributed by atoms with Crippen molar-refractivity contribution in [3.63, 3.8) is 0 Å². The second-order valence-electron chi connectivity index (χ2n) is 6.70. The molecule has 2 aromatic rings. The van der Waals surface area contributed by atoms with E-state index in [0.717, 1.165) is 22.6 Å². The predicted molar refractivity (Wildman–Crippen MR) is 86.7 cm³/mol. The molecule has 2 N–H and O–H groups in total. The van der Waals surface area contributed by atoms with Crippen LogP contribution in [0, 0.1) is 11.8 Å². The Morgan fingerprint density at radius 2 is 1.36 bits per heavy atom. The van der Waals surface area contributed by atoms with Crippen molar-refractivity contribution in [2.24, 2.45) is 11.8 Å². The molecule has 3 aliphatic rings. The van der Waals surface area contributed by atoms with E-state index in [9.17, 15) is 10.2 Å². The third-order valence-corrected chi connectivity index (χ3v) is 5.32. The van der Waals surface area contributed by atoms with Gasteiger partial charge in [-0.15, -0.1) is 0 Å². The summed E-state index contributed by atoms with van der Waals surface area (Å²) in [7, 11) is 0. The fourth-order valence-corrected chi connectivity index (χ4v) is 4.04. The van der Waals surface area contributed by atoms with Gasteiger partial charge in [-0.1, -0.05) is 12.1 Å². The van der Waals surface area contributed by atoms with Gasteiger partial charge in [0.25, 0.3) is 0 Å². The molecular formula is C19H18O6. The molecule has 4 atom stereocenters. The highest BCUT2D eigenvalue weighted by Crippen LogP contribution is 2.51. The van der Waals surface area contributed by atoms with Crippen molar-refractivity contribution in [3.8, 4) is 23.0 Å². The molecule has 6 nitrogen and oxygen atoms in total. The summed E-state index contributed by atoms with van der Waals surface area (Å²) in [6.07, 6.45) is -0.189. The van der Waals surface area contributed by atoms with Crippen LogP contribution in [0.1, 0.15) is 23.3 Å². The second kappa shape index (κ2) is 5.54. The van der Waals surface area contributed by atoms with Crippen molar-refractivity contribution >= 4 is 0 Å². The van der Waals surface area contributed by atoms with Gasteiger partial charge in [0, 0.05) is 11.8 Å². The molecule has 5 rings (SSSR count). The summed E-state index contributed by atoms with van der Waals surface area (Å²) in [5.41, 5.74) is 1.92. The Kier molecular flexibility index (Phi) is 3.29. The Hall–Kier alpha value is -2.44. The van der Waals surface area contributed by atoms with Gasteiger partial charge in [-0.2, -0.15) is 0 Å². The molecule has 0 spiro atoms. The van der Waals surface area contributed by atoms with Crippen LogP contribution in [0.4, 0.5) is 0 Å². The first-order valence-electron chi connectivity index (χ1n) is 8.35. The first-order valence-corrected chi connectivity index (χ1v) is 8.35. The Balaban J connectivity index is 1.40. The van der Waals surface area contributed by atoms with Crippen molar-refractivity contribution in [1.82, 2.24) is 0 Å². The van der Waals surface area contributed by atoms with Gasteiger partial charge in [0.2, 0.25) is 6.79 Å². The molecule has 0 radical (unpaired) electrons. The molecule has 3 heterocycles. The minimum atomic E-state index is -0.143. The van der Waals surface area contributed by atoms with Crippen LogP contribution in [0.2, 0.25) is 0 Å². The zero-order valence-corrected chi connectivity index (χ0v) is 13.4. The Bertz CT molecular complexity index is 820. The Labute approximate surface area is 144 Å². The highest BCUT2D eigenvalue weighted by atomic mass is 16.7. The molecule has 25 heavy (non-hydrogen) atoms. The standard InChI is InChI=1S/C19H18O6/c20-14-3-1-10(5-15(14)21)18-12-7-23-19(13(12)8-22-18)11-2-4-16-17(6-11)25-9-24-16/h1-6,12-13,18-21H,7-9H2/t12?,13?,18-,19-/m0/s1. The van der Waals surface area contributed by atoms with Gasteiger partial charge in [0.15, 0.2) is 23.0 Å². The molecule has 130 valence electrons. The van der Waals surface area contributed by atoms with Gasteiger partial charge in [0.1, 0.15) is 0 Å². The highest BCUT2D eigenvalue weighted by molar-refractivity contribution is 5.46. The number of fused-ring (bicyclic) bond motifs is 2. The van der Waals surface area contributed by atoms with Crippen LogP contribution in [0.5, 0.6) is 23.0 Å². The number of rotatable bonds is 2. The van der Waals surface area contributed by atoms with Crippen molar-refractivity contribution in [3.05, 3.63) is 47.5 Å². The normalized spacial score (nSPS) is 29.8. The van der Waals surface area contributed by atoms with Crippen molar-refractivity contribution < 1.29 is 29.2 Å². The predicted octanol–water partition coefficient (Wildman–Crippen LogP) is 2.90. The van der Waals surface area contributed by atoms with Crippen LogP contribution in [0.3, 0.4) is 0 Å². The molecule has 2 saturated heterocycles. The number of hydrogen-bond acceptors (Lipinski definition) is 6. The fraction of sp³-hybridized carbons (Fsp3) is 0.368. The zero-order valence-electron chi connectivity index (χ0n) is 13.4. The lowest BCUT2D eigenvalue weighted by molar-refractivity contribution is 0.0191. The molecule has 2 aromatic carbocycles. The van der Waals surface area contributed by atoms with Crippen molar-refractivity contribution in [2.75, 3.05) is 20.0 Å². The van der Waals surface area contributed by atoms with Crippen LogP contribution in [-0.2, 0) is 9.47 Å². The van der Waals surface area contributed by atoms with Gasteiger partial charge >= 0.3 is 0 Å². The molecule has 2 unspecified atom stereocenters. The number of phenols is 2. The third-order valence-electron chi connectivity index (χ3n) is 5.32. The summed E-state index contributed by atoms with van der Waals surface area (Å²) < 4.78 is 22.9. The highest BCUT2D eigenvalue weighted by Gasteiger charge is 2.48. The minimum Gasteiger partial charge on any atom is -0.504 e. The third kappa shape index (κ3) is 2.33. The van der Waals surface area contributed by atoms with Gasteiger partial charge in [-0.25, -0.2) is 0 Å². The fourth-order valence-electron chi connectivity index (χ4n) is 4.04. The van der Waals surface area contributed by atoms with Gasteiger partial charge in [-0.3, -0.25) is 0 Å². The van der Waals surface area contributed by atoms with E-state index in [1.54, 1.807) is 12.1 Å². The molecule has 0 bridgehead atoms. The molecule has 2 fully saturated rings. The first-order chi connectivity index (χ1) is 12.2. The molecule has 0 aromatic heterocycles. The van der Waals surface area contributed by atoms with Gasteiger partial charge in [0.05, 0.1) is 25.4 Å². The lowest BCUT2D eigenvalue weighted by Gasteiger charge is -2.17. The summed E-state index contributed by atoms with van der Waals surface area (Å²) in [5.74, 6) is 1.71. The average Bonchev–Trinajstić information content (AvgIpc) is 3.31. The summed E-state index contributed by atoms with van der Waals surface area (Å²) in [5, 5.41) is 19.3. The minimum absolute atomic E-state index is 0.0461. The summed E-state index contributed by atoms with van der Waals surface area (Å²) >= 11 is 0. The van der Waals surface area contributed by atoms with E-state index in [1.807, 2.05) is 18.2 Å². The number of benzene rings is 2. The monoisotopic (exact) mass is 342 g/mol. The molecule has 0 saturated carbocycles. The van der Waals surface area contributed by atoms with E-state index in [0.29, 0.717) is 13.2 Å². The maximum absolute atomic E-state index is 9.76. The molecule has 0 amide bonds. The molecular weight excluding hydrogens is 324 g/mol. The quantitative estimate of drug-likeness (QED) is 0.817.